The number of thioether (sulfide) groups is 1. The highest BCUT2D eigenvalue weighted by molar-refractivity contribution is 7.99. The van der Waals surface area contributed by atoms with Crippen molar-refractivity contribution in [3.05, 3.63) is 57.3 Å². The van der Waals surface area contributed by atoms with Crippen LogP contribution in [0.25, 0.3) is 5.69 Å². The van der Waals surface area contributed by atoms with E-state index in [9.17, 15) is 9.59 Å². The molecule has 0 radical (unpaired) electrons. The number of fused-ring (bicyclic) bond motifs is 1. The summed E-state index contributed by atoms with van der Waals surface area (Å²) < 4.78 is 14.2. The van der Waals surface area contributed by atoms with Crippen molar-refractivity contribution in [1.29, 1.82) is 0 Å². The van der Waals surface area contributed by atoms with Crippen LogP contribution in [0.1, 0.15) is 27.4 Å². The quantitative estimate of drug-likeness (QED) is 0.373. The summed E-state index contributed by atoms with van der Waals surface area (Å²) in [6.45, 7) is 6.41. The van der Waals surface area contributed by atoms with Crippen LogP contribution in [-0.2, 0) is 0 Å². The molecule has 1 aliphatic rings. The summed E-state index contributed by atoms with van der Waals surface area (Å²) in [4.78, 5) is 24.8. The molecule has 4 rings (SSSR count). The Kier molecular flexibility index (Phi) is 5.25. The number of nitrogen functional groups attached to an aromatic ring is 1. The topological polar surface area (TPSA) is 114 Å². The fraction of sp³-hybridized carbons (Fsp3) is 0.300. The highest BCUT2D eigenvalue weighted by Gasteiger charge is 2.20. The van der Waals surface area contributed by atoms with E-state index in [1.54, 1.807) is 0 Å². The van der Waals surface area contributed by atoms with Gasteiger partial charge in [-0.15, -0.1) is 10.2 Å². The minimum atomic E-state index is -0.434. The van der Waals surface area contributed by atoms with Gasteiger partial charge in [-0.1, -0.05) is 11.8 Å². The second kappa shape index (κ2) is 7.86. The molecule has 2 aromatic heterocycles. The van der Waals surface area contributed by atoms with Gasteiger partial charge in [-0.05, 0) is 39.0 Å². The predicted molar refractivity (Wildman–Crippen MR) is 112 cm³/mol. The highest BCUT2D eigenvalue weighted by Crippen LogP contribution is 2.33. The van der Waals surface area contributed by atoms with Crippen molar-refractivity contribution in [2.75, 3.05) is 24.8 Å². The Morgan fingerprint density at radius 3 is 2.63 bits per heavy atom. The summed E-state index contributed by atoms with van der Waals surface area (Å²) >= 11 is 1.08. The lowest BCUT2D eigenvalue weighted by Gasteiger charge is -2.20. The van der Waals surface area contributed by atoms with E-state index < -0.39 is 5.56 Å². The van der Waals surface area contributed by atoms with Crippen LogP contribution in [0.5, 0.6) is 11.5 Å². The number of nitrogens with zero attached hydrogens (tertiary/aromatic N) is 4. The number of rotatable bonds is 5. The number of Topliss-reactive ketones (excluding diaryl/α,β-unsaturated/α-hetero) is 1. The van der Waals surface area contributed by atoms with Gasteiger partial charge in [-0.25, -0.2) is 0 Å². The van der Waals surface area contributed by atoms with E-state index in [0.29, 0.717) is 30.3 Å². The maximum Gasteiger partial charge on any atom is 0.294 e. The van der Waals surface area contributed by atoms with Gasteiger partial charge in [0.1, 0.15) is 18.9 Å². The molecule has 156 valence electrons. The summed E-state index contributed by atoms with van der Waals surface area (Å²) in [5.74, 6) is 7.14. The van der Waals surface area contributed by atoms with Crippen LogP contribution >= 0.6 is 11.8 Å². The van der Waals surface area contributed by atoms with Crippen LogP contribution in [0, 0.1) is 20.8 Å². The first-order valence-corrected chi connectivity index (χ1v) is 10.3. The zero-order valence-electron chi connectivity index (χ0n) is 16.8. The van der Waals surface area contributed by atoms with Crippen molar-refractivity contribution < 1.29 is 14.3 Å². The molecule has 0 bridgehead atoms. The van der Waals surface area contributed by atoms with Crippen LogP contribution in [0.2, 0.25) is 0 Å². The van der Waals surface area contributed by atoms with Crippen LogP contribution in [0.3, 0.4) is 0 Å². The minimum Gasteiger partial charge on any atom is -0.486 e. The van der Waals surface area contributed by atoms with Crippen molar-refractivity contribution in [3.63, 3.8) is 0 Å². The fourth-order valence-electron chi connectivity index (χ4n) is 3.39. The second-order valence-electron chi connectivity index (χ2n) is 6.90. The maximum absolute atomic E-state index is 12.9. The molecule has 0 spiro atoms. The summed E-state index contributed by atoms with van der Waals surface area (Å²) in [7, 11) is 0. The molecular formula is C20H21N5O4S. The van der Waals surface area contributed by atoms with E-state index in [0.717, 1.165) is 33.5 Å². The molecule has 0 atom stereocenters. The summed E-state index contributed by atoms with van der Waals surface area (Å²) in [5.41, 5.74) is 2.99. The SMILES string of the molecule is Cc1nnc(SCC(=O)c2cc(C)n(-c3ccc4c(c3)OCCO4)c2C)n(N)c1=O. The van der Waals surface area contributed by atoms with E-state index in [1.165, 1.54) is 6.92 Å². The number of benzene rings is 1. The first-order valence-electron chi connectivity index (χ1n) is 9.33. The summed E-state index contributed by atoms with van der Waals surface area (Å²) in [6.07, 6.45) is 0. The number of hydrogen-bond acceptors (Lipinski definition) is 8. The maximum atomic E-state index is 12.9. The Morgan fingerprint density at radius 1 is 1.13 bits per heavy atom. The van der Waals surface area contributed by atoms with Gasteiger partial charge in [-0.2, -0.15) is 4.68 Å². The first kappa shape index (κ1) is 20.0. The third-order valence-electron chi connectivity index (χ3n) is 4.87. The van der Waals surface area contributed by atoms with Crippen LogP contribution in [0.4, 0.5) is 0 Å². The van der Waals surface area contributed by atoms with Crippen molar-refractivity contribution in [2.24, 2.45) is 0 Å². The number of carbonyl (C=O) groups is 1. The molecule has 0 saturated carbocycles. The lowest BCUT2D eigenvalue weighted by atomic mass is 10.2. The Morgan fingerprint density at radius 2 is 1.87 bits per heavy atom. The zero-order chi connectivity index (χ0) is 21.4. The molecule has 1 aromatic carbocycles. The lowest BCUT2D eigenvalue weighted by molar-refractivity contribution is 0.102. The zero-order valence-corrected chi connectivity index (χ0v) is 17.7. The Hall–Kier alpha value is -3.27. The number of nitrogens with two attached hydrogens (primary N) is 1. The third kappa shape index (κ3) is 3.54. The number of ether oxygens (including phenoxy) is 2. The van der Waals surface area contributed by atoms with Crippen LogP contribution < -0.4 is 20.9 Å². The van der Waals surface area contributed by atoms with E-state index >= 15 is 0 Å². The van der Waals surface area contributed by atoms with E-state index in [4.69, 9.17) is 15.3 Å². The second-order valence-corrected chi connectivity index (χ2v) is 7.85. The molecule has 30 heavy (non-hydrogen) atoms. The van der Waals surface area contributed by atoms with Gasteiger partial charge >= 0.3 is 0 Å². The number of carbonyl (C=O) groups excluding carboxylic acids is 1. The van der Waals surface area contributed by atoms with Gasteiger partial charge < -0.3 is 19.9 Å². The fourth-order valence-corrected chi connectivity index (χ4v) is 4.13. The normalized spacial score (nSPS) is 12.8. The smallest absolute Gasteiger partial charge is 0.294 e. The Bertz CT molecular complexity index is 1200. The third-order valence-corrected chi connectivity index (χ3v) is 5.81. The van der Waals surface area contributed by atoms with Gasteiger partial charge in [0.25, 0.3) is 5.56 Å². The van der Waals surface area contributed by atoms with Crippen molar-refractivity contribution in [3.8, 4) is 17.2 Å². The molecule has 3 aromatic rings. The summed E-state index contributed by atoms with van der Waals surface area (Å²) in [5, 5.41) is 7.88. The first-order chi connectivity index (χ1) is 14.4. The molecule has 9 nitrogen and oxygen atoms in total. The number of aromatic nitrogens is 4. The molecule has 1 aliphatic heterocycles. The number of aryl methyl sites for hydroxylation is 2. The average molecular weight is 427 g/mol. The van der Waals surface area contributed by atoms with Gasteiger partial charge in [-0.3, -0.25) is 9.59 Å². The Labute approximate surface area is 176 Å². The standard InChI is InChI=1S/C20H21N5O4S/c1-11-8-15(16(26)10-30-20-23-22-12(2)19(27)25(20)21)13(3)24(11)14-4-5-17-18(9-14)29-7-6-28-17/h4-5,8-9H,6-7,10,21H2,1-3H3. The Balaban J connectivity index is 1.58. The van der Waals surface area contributed by atoms with Crippen LogP contribution in [0.15, 0.2) is 34.2 Å². The molecule has 0 unspecified atom stereocenters. The molecule has 0 saturated heterocycles. The average Bonchev–Trinajstić information content (AvgIpc) is 3.05. The van der Waals surface area contributed by atoms with Gasteiger partial charge in [0.15, 0.2) is 17.3 Å². The minimum absolute atomic E-state index is 0.0831. The number of hydrogen-bond donors (Lipinski definition) is 1. The predicted octanol–water partition coefficient (Wildman–Crippen LogP) is 1.81. The lowest BCUT2D eigenvalue weighted by Crippen LogP contribution is -2.32. The largest absolute Gasteiger partial charge is 0.486 e. The molecule has 0 amide bonds. The molecule has 0 aliphatic carbocycles. The van der Waals surface area contributed by atoms with Crippen LogP contribution in [-0.4, -0.2) is 44.2 Å². The van der Waals surface area contributed by atoms with Gasteiger partial charge in [0.2, 0.25) is 5.16 Å². The molecular weight excluding hydrogens is 406 g/mol. The van der Waals surface area contributed by atoms with Gasteiger partial charge in [0, 0.05) is 28.7 Å². The molecule has 10 heteroatoms. The summed E-state index contributed by atoms with van der Waals surface area (Å²) in [6, 6.07) is 7.57. The number of ketones is 1. The monoisotopic (exact) mass is 427 g/mol. The molecule has 3 heterocycles. The highest BCUT2D eigenvalue weighted by atomic mass is 32.2. The van der Waals surface area contributed by atoms with Crippen molar-refractivity contribution >= 4 is 17.5 Å². The molecule has 0 fully saturated rings. The van der Waals surface area contributed by atoms with E-state index in [1.807, 2.05) is 42.7 Å². The van der Waals surface area contributed by atoms with E-state index in [-0.39, 0.29) is 22.4 Å². The van der Waals surface area contributed by atoms with Crippen molar-refractivity contribution in [1.82, 2.24) is 19.4 Å². The molecule has 2 N–H and O–H groups in total. The van der Waals surface area contributed by atoms with E-state index in [2.05, 4.69) is 10.2 Å². The van der Waals surface area contributed by atoms with Crippen molar-refractivity contribution in [2.45, 2.75) is 25.9 Å². The van der Waals surface area contributed by atoms with Gasteiger partial charge in [0.05, 0.1) is 5.75 Å².